The van der Waals surface area contributed by atoms with Crippen molar-refractivity contribution in [3.05, 3.63) is 28.8 Å². The lowest BCUT2D eigenvalue weighted by atomic mass is 9.92. The highest BCUT2D eigenvalue weighted by atomic mass is 35.5. The maximum Gasteiger partial charge on any atom is 0.0410 e. The molecule has 2 aliphatic rings. The van der Waals surface area contributed by atoms with Crippen molar-refractivity contribution in [1.82, 2.24) is 5.32 Å². The Balaban J connectivity index is 1.75. The van der Waals surface area contributed by atoms with Crippen LogP contribution in [-0.4, -0.2) is 11.8 Å². The molecule has 4 atom stereocenters. The molecule has 4 unspecified atom stereocenters. The largest absolute Gasteiger partial charge is 0.307 e. The highest BCUT2D eigenvalue weighted by Crippen LogP contribution is 2.40. The molecule has 3 rings (SSSR count). The molecule has 0 radical (unpaired) electrons. The highest BCUT2D eigenvalue weighted by molar-refractivity contribution is 7.99. The number of fused-ring (bicyclic) bond motifs is 1. The lowest BCUT2D eigenvalue weighted by molar-refractivity contribution is 0.317. The van der Waals surface area contributed by atoms with E-state index in [-0.39, 0.29) is 0 Å². The van der Waals surface area contributed by atoms with Crippen molar-refractivity contribution in [2.24, 2.45) is 11.8 Å². The van der Waals surface area contributed by atoms with E-state index in [1.54, 1.807) is 0 Å². The topological polar surface area (TPSA) is 12.0 Å². The van der Waals surface area contributed by atoms with Crippen LogP contribution in [-0.2, 0) is 0 Å². The molecule has 20 heavy (non-hydrogen) atoms. The van der Waals surface area contributed by atoms with Gasteiger partial charge in [-0.05, 0) is 60.6 Å². The molecule has 1 aliphatic heterocycles. The highest BCUT2D eigenvalue weighted by Gasteiger charge is 2.33. The number of benzene rings is 1. The van der Waals surface area contributed by atoms with Crippen LogP contribution in [0.15, 0.2) is 23.1 Å². The predicted octanol–water partition coefficient (Wildman–Crippen LogP) is 5.29. The van der Waals surface area contributed by atoms with Gasteiger partial charge in [0.25, 0.3) is 0 Å². The first-order valence-electron chi connectivity index (χ1n) is 7.87. The van der Waals surface area contributed by atoms with Gasteiger partial charge in [-0.15, -0.1) is 11.8 Å². The summed E-state index contributed by atoms with van der Waals surface area (Å²) in [7, 11) is 0. The number of thioether (sulfide) groups is 1. The first kappa shape index (κ1) is 14.7. The fourth-order valence-electron chi connectivity index (χ4n) is 3.86. The lowest BCUT2D eigenvalue weighted by Crippen LogP contribution is -2.37. The molecule has 0 saturated heterocycles. The van der Waals surface area contributed by atoms with Gasteiger partial charge in [0.15, 0.2) is 0 Å². The van der Waals surface area contributed by atoms with Crippen molar-refractivity contribution in [3.8, 4) is 0 Å². The lowest BCUT2D eigenvalue weighted by Gasteiger charge is -2.31. The predicted molar refractivity (Wildman–Crippen MR) is 88.6 cm³/mol. The van der Waals surface area contributed by atoms with E-state index >= 15 is 0 Å². The summed E-state index contributed by atoms with van der Waals surface area (Å²) in [5, 5.41) is 4.81. The molecule has 0 aromatic heterocycles. The van der Waals surface area contributed by atoms with Crippen molar-refractivity contribution in [3.63, 3.8) is 0 Å². The molecule has 110 valence electrons. The molecule has 1 saturated carbocycles. The van der Waals surface area contributed by atoms with Crippen LogP contribution in [0.2, 0.25) is 5.02 Å². The molecule has 0 amide bonds. The van der Waals surface area contributed by atoms with Crippen LogP contribution in [0.5, 0.6) is 0 Å². The monoisotopic (exact) mass is 309 g/mol. The third-order valence-corrected chi connectivity index (χ3v) is 6.54. The molecule has 1 aromatic carbocycles. The van der Waals surface area contributed by atoms with Crippen molar-refractivity contribution >= 4 is 23.4 Å². The summed E-state index contributed by atoms with van der Waals surface area (Å²) in [5.41, 5.74) is 1.42. The van der Waals surface area contributed by atoms with Crippen molar-refractivity contribution < 1.29 is 0 Å². The van der Waals surface area contributed by atoms with E-state index in [1.165, 1.54) is 41.9 Å². The Hall–Kier alpha value is -0.180. The number of rotatable bonds is 3. The van der Waals surface area contributed by atoms with E-state index in [4.69, 9.17) is 11.6 Å². The van der Waals surface area contributed by atoms with Gasteiger partial charge >= 0.3 is 0 Å². The SMILES string of the molecule is CCC1CCC(NC2CCSc3ccc(Cl)cc32)C1C. The van der Waals surface area contributed by atoms with Crippen LogP contribution in [0, 0.1) is 11.8 Å². The van der Waals surface area contributed by atoms with Crippen LogP contribution in [0.3, 0.4) is 0 Å². The van der Waals surface area contributed by atoms with E-state index in [0.29, 0.717) is 12.1 Å². The molecule has 0 bridgehead atoms. The van der Waals surface area contributed by atoms with E-state index in [1.807, 2.05) is 17.8 Å². The molecule has 1 heterocycles. The van der Waals surface area contributed by atoms with Crippen LogP contribution in [0.1, 0.15) is 51.1 Å². The second-order valence-corrected chi connectivity index (χ2v) is 7.82. The number of halogens is 1. The van der Waals surface area contributed by atoms with E-state index in [2.05, 4.69) is 31.3 Å². The Morgan fingerprint density at radius 1 is 1.30 bits per heavy atom. The van der Waals surface area contributed by atoms with Crippen molar-refractivity contribution in [2.75, 3.05) is 5.75 Å². The molecule has 1 aromatic rings. The minimum atomic E-state index is 0.494. The minimum Gasteiger partial charge on any atom is -0.307 e. The minimum absolute atomic E-state index is 0.494. The summed E-state index contributed by atoms with van der Waals surface area (Å²) in [4.78, 5) is 1.41. The Bertz CT molecular complexity index is 476. The second kappa shape index (κ2) is 6.29. The Kier molecular flexibility index (Phi) is 4.64. The zero-order valence-corrected chi connectivity index (χ0v) is 13.9. The first-order chi connectivity index (χ1) is 9.69. The van der Waals surface area contributed by atoms with Crippen molar-refractivity contribution in [2.45, 2.75) is 56.5 Å². The molecule has 3 heteroatoms. The Morgan fingerprint density at radius 2 is 2.15 bits per heavy atom. The maximum absolute atomic E-state index is 6.20. The molecule has 1 N–H and O–H groups in total. The molecular weight excluding hydrogens is 286 g/mol. The first-order valence-corrected chi connectivity index (χ1v) is 9.23. The third kappa shape index (κ3) is 2.88. The number of hydrogen-bond donors (Lipinski definition) is 1. The average Bonchev–Trinajstić information content (AvgIpc) is 2.80. The Morgan fingerprint density at radius 3 is 2.90 bits per heavy atom. The third-order valence-electron chi connectivity index (χ3n) is 5.18. The normalized spacial score (nSPS) is 33.1. The molecular formula is C17H24ClNS. The van der Waals surface area contributed by atoms with Gasteiger partial charge in [-0.3, -0.25) is 0 Å². The Labute approximate surface area is 131 Å². The van der Waals surface area contributed by atoms with E-state index in [9.17, 15) is 0 Å². The van der Waals surface area contributed by atoms with Gasteiger partial charge in [0, 0.05) is 22.0 Å². The van der Waals surface area contributed by atoms with Gasteiger partial charge in [0.1, 0.15) is 0 Å². The van der Waals surface area contributed by atoms with Gasteiger partial charge in [0.05, 0.1) is 0 Å². The van der Waals surface area contributed by atoms with Gasteiger partial charge in [-0.1, -0.05) is 31.9 Å². The molecule has 0 spiro atoms. The number of nitrogens with one attached hydrogen (secondary N) is 1. The quantitative estimate of drug-likeness (QED) is 0.814. The van der Waals surface area contributed by atoms with Crippen molar-refractivity contribution in [1.29, 1.82) is 0 Å². The van der Waals surface area contributed by atoms with Crippen LogP contribution in [0.25, 0.3) is 0 Å². The molecule has 1 aliphatic carbocycles. The summed E-state index contributed by atoms with van der Waals surface area (Å²) < 4.78 is 0. The zero-order chi connectivity index (χ0) is 14.1. The summed E-state index contributed by atoms with van der Waals surface area (Å²) >= 11 is 8.16. The number of hydrogen-bond acceptors (Lipinski definition) is 2. The van der Waals surface area contributed by atoms with Gasteiger partial charge < -0.3 is 5.32 Å². The summed E-state index contributed by atoms with van der Waals surface area (Å²) in [6.07, 6.45) is 5.26. The molecule has 1 nitrogen and oxygen atoms in total. The zero-order valence-electron chi connectivity index (χ0n) is 12.4. The molecule has 1 fully saturated rings. The fourth-order valence-corrected chi connectivity index (χ4v) is 5.14. The summed E-state index contributed by atoms with van der Waals surface area (Å²) in [6.45, 7) is 4.76. The van der Waals surface area contributed by atoms with Crippen LogP contribution < -0.4 is 5.32 Å². The second-order valence-electron chi connectivity index (χ2n) is 6.25. The average molecular weight is 310 g/mol. The fraction of sp³-hybridized carbons (Fsp3) is 0.647. The van der Waals surface area contributed by atoms with Gasteiger partial charge in [0.2, 0.25) is 0 Å². The maximum atomic E-state index is 6.20. The summed E-state index contributed by atoms with van der Waals surface area (Å²) in [6, 6.07) is 7.54. The summed E-state index contributed by atoms with van der Waals surface area (Å²) in [5.74, 6) is 2.92. The standard InChI is InChI=1S/C17H24ClNS/c1-3-12-4-6-15(11(12)2)19-16-8-9-20-17-7-5-13(18)10-14(16)17/h5,7,10-12,15-16,19H,3-4,6,8-9H2,1-2H3. The van der Waals surface area contributed by atoms with Crippen LogP contribution in [0.4, 0.5) is 0 Å². The van der Waals surface area contributed by atoms with Crippen LogP contribution >= 0.6 is 23.4 Å². The smallest absolute Gasteiger partial charge is 0.0410 e. The van der Waals surface area contributed by atoms with E-state index in [0.717, 1.165) is 16.9 Å². The van der Waals surface area contributed by atoms with Gasteiger partial charge in [-0.2, -0.15) is 0 Å². The van der Waals surface area contributed by atoms with Gasteiger partial charge in [-0.25, -0.2) is 0 Å². The van der Waals surface area contributed by atoms with E-state index < -0.39 is 0 Å².